The van der Waals surface area contributed by atoms with Gasteiger partial charge in [-0.2, -0.15) is 5.10 Å². The van der Waals surface area contributed by atoms with Gasteiger partial charge >= 0.3 is 5.97 Å². The molecule has 5 aliphatic rings. The SMILES string of the molecule is C[C@@H]1CCCC[C@H]1Nc1cnn(C23C[C@@H]4CC(C[C@H](C4)C2)[C@@H]3C(=O)O)c(=O)c1Cl. The van der Waals surface area contributed by atoms with E-state index in [1.807, 2.05) is 0 Å². The maximum Gasteiger partial charge on any atom is 0.309 e. The molecule has 1 aromatic rings. The van der Waals surface area contributed by atoms with Gasteiger partial charge in [0.15, 0.2) is 0 Å². The van der Waals surface area contributed by atoms with E-state index in [9.17, 15) is 14.7 Å². The summed E-state index contributed by atoms with van der Waals surface area (Å²) >= 11 is 6.55. The molecule has 0 radical (unpaired) electrons. The molecule has 29 heavy (non-hydrogen) atoms. The third-order valence-electron chi connectivity index (χ3n) is 8.33. The second kappa shape index (κ2) is 7.00. The predicted octanol–water partition coefficient (Wildman–Crippen LogP) is 4.12. The summed E-state index contributed by atoms with van der Waals surface area (Å²) in [6, 6.07) is 0.296. The fourth-order valence-corrected chi connectivity index (χ4v) is 7.50. The third-order valence-corrected chi connectivity index (χ3v) is 8.70. The molecule has 6 rings (SSSR count). The molecular weight excluding hydrogens is 390 g/mol. The summed E-state index contributed by atoms with van der Waals surface area (Å²) in [6.07, 6.45) is 10.9. The van der Waals surface area contributed by atoms with Gasteiger partial charge in [0.2, 0.25) is 0 Å². The second-order valence-electron chi connectivity index (χ2n) is 10.1. The summed E-state index contributed by atoms with van der Waals surface area (Å²) < 4.78 is 1.47. The van der Waals surface area contributed by atoms with Crippen molar-refractivity contribution in [2.45, 2.75) is 76.3 Å². The van der Waals surface area contributed by atoms with Gasteiger partial charge < -0.3 is 10.4 Å². The Kier molecular flexibility index (Phi) is 4.68. The molecule has 1 heterocycles. The van der Waals surface area contributed by atoms with Gasteiger partial charge in [0.05, 0.1) is 23.3 Å². The second-order valence-corrected chi connectivity index (χ2v) is 10.5. The van der Waals surface area contributed by atoms with E-state index >= 15 is 0 Å². The zero-order valence-electron chi connectivity index (χ0n) is 16.9. The van der Waals surface area contributed by atoms with E-state index in [1.54, 1.807) is 6.20 Å². The van der Waals surface area contributed by atoms with Crippen LogP contribution < -0.4 is 10.9 Å². The van der Waals surface area contributed by atoms with E-state index in [4.69, 9.17) is 11.6 Å². The highest BCUT2D eigenvalue weighted by molar-refractivity contribution is 6.32. The van der Waals surface area contributed by atoms with Crippen molar-refractivity contribution in [2.75, 3.05) is 5.32 Å². The van der Waals surface area contributed by atoms with Crippen LogP contribution >= 0.6 is 11.6 Å². The van der Waals surface area contributed by atoms with E-state index in [1.165, 1.54) is 23.9 Å². The maximum absolute atomic E-state index is 13.3. The highest BCUT2D eigenvalue weighted by Crippen LogP contribution is 2.61. The molecule has 0 aliphatic heterocycles. The molecule has 5 aliphatic carbocycles. The Morgan fingerprint density at radius 2 is 1.93 bits per heavy atom. The van der Waals surface area contributed by atoms with E-state index < -0.39 is 17.4 Å². The number of aliphatic carboxylic acids is 1. The van der Waals surface area contributed by atoms with Crippen molar-refractivity contribution < 1.29 is 9.90 Å². The van der Waals surface area contributed by atoms with Gasteiger partial charge in [0.1, 0.15) is 5.02 Å². The molecule has 5 atom stereocenters. The topological polar surface area (TPSA) is 84.2 Å². The first-order chi connectivity index (χ1) is 13.9. The molecule has 5 fully saturated rings. The first-order valence-corrected chi connectivity index (χ1v) is 11.5. The molecule has 0 unspecified atom stereocenters. The molecule has 158 valence electrons. The molecule has 1 aromatic heterocycles. The number of hydrogen-bond donors (Lipinski definition) is 2. The highest BCUT2D eigenvalue weighted by Gasteiger charge is 2.61. The molecule has 0 aromatic carbocycles. The molecular formula is C22H30ClN3O3. The first-order valence-electron chi connectivity index (χ1n) is 11.2. The average Bonchev–Trinajstić information content (AvgIpc) is 2.66. The molecule has 0 saturated heterocycles. The zero-order chi connectivity index (χ0) is 20.3. The van der Waals surface area contributed by atoms with Gasteiger partial charge in [0.25, 0.3) is 5.56 Å². The molecule has 0 amide bonds. The molecule has 4 bridgehead atoms. The Balaban J connectivity index is 1.52. The Bertz CT molecular complexity index is 871. The number of anilines is 1. The minimum Gasteiger partial charge on any atom is -0.481 e. The smallest absolute Gasteiger partial charge is 0.309 e. The molecule has 5 saturated carbocycles. The van der Waals surface area contributed by atoms with Crippen molar-refractivity contribution in [3.05, 3.63) is 21.6 Å². The Hall–Kier alpha value is -1.56. The van der Waals surface area contributed by atoms with Crippen LogP contribution in [0.3, 0.4) is 0 Å². The van der Waals surface area contributed by atoms with Crippen LogP contribution in [0.15, 0.2) is 11.0 Å². The highest BCUT2D eigenvalue weighted by atomic mass is 35.5. The van der Waals surface area contributed by atoms with E-state index in [-0.39, 0.29) is 16.5 Å². The van der Waals surface area contributed by atoms with Gasteiger partial charge in [-0.3, -0.25) is 9.59 Å². The monoisotopic (exact) mass is 419 g/mol. The fraction of sp³-hybridized carbons (Fsp3) is 0.773. The number of carboxylic acid groups (broad SMARTS) is 1. The van der Waals surface area contributed by atoms with E-state index in [2.05, 4.69) is 17.3 Å². The Morgan fingerprint density at radius 1 is 1.24 bits per heavy atom. The number of rotatable bonds is 4. The summed E-state index contributed by atoms with van der Waals surface area (Å²) in [7, 11) is 0. The molecule has 7 heteroatoms. The minimum absolute atomic E-state index is 0.145. The van der Waals surface area contributed by atoms with Crippen LogP contribution in [-0.2, 0) is 10.3 Å². The number of nitrogens with zero attached hydrogens (tertiary/aromatic N) is 2. The van der Waals surface area contributed by atoms with Crippen molar-refractivity contribution >= 4 is 23.3 Å². The average molecular weight is 420 g/mol. The summed E-state index contributed by atoms with van der Waals surface area (Å²) in [4.78, 5) is 25.6. The lowest BCUT2D eigenvalue weighted by Crippen LogP contribution is -2.63. The maximum atomic E-state index is 13.3. The molecule has 6 nitrogen and oxygen atoms in total. The number of aromatic nitrogens is 2. The summed E-state index contributed by atoms with van der Waals surface area (Å²) in [6.45, 7) is 2.23. The van der Waals surface area contributed by atoms with Crippen LogP contribution in [0.2, 0.25) is 5.02 Å². The molecule has 0 spiro atoms. The number of halogens is 1. The van der Waals surface area contributed by atoms with Crippen LogP contribution in [0.25, 0.3) is 0 Å². The van der Waals surface area contributed by atoms with Crippen LogP contribution in [-0.4, -0.2) is 26.9 Å². The predicted molar refractivity (Wildman–Crippen MR) is 111 cm³/mol. The molecule has 2 N–H and O–H groups in total. The number of carboxylic acids is 1. The normalized spacial score (nSPS) is 40.8. The largest absolute Gasteiger partial charge is 0.481 e. The minimum atomic E-state index is -0.795. The van der Waals surface area contributed by atoms with Crippen LogP contribution in [0, 0.1) is 29.6 Å². The van der Waals surface area contributed by atoms with Crippen LogP contribution in [0.4, 0.5) is 5.69 Å². The number of nitrogens with one attached hydrogen (secondary N) is 1. The Labute approximate surface area is 176 Å². The first kappa shape index (κ1) is 19.4. The summed E-state index contributed by atoms with van der Waals surface area (Å²) in [5.74, 6) is 0.326. The van der Waals surface area contributed by atoms with E-state index in [0.717, 1.165) is 38.5 Å². The zero-order valence-corrected chi connectivity index (χ0v) is 17.7. The van der Waals surface area contributed by atoms with Gasteiger partial charge in [-0.05, 0) is 68.6 Å². The van der Waals surface area contributed by atoms with E-state index in [0.29, 0.717) is 29.5 Å². The lowest BCUT2D eigenvalue weighted by molar-refractivity contribution is -0.168. The lowest BCUT2D eigenvalue weighted by atomic mass is 9.48. The number of carbonyl (C=O) groups is 1. The summed E-state index contributed by atoms with van der Waals surface area (Å²) in [5, 5.41) is 18.2. The quantitative estimate of drug-likeness (QED) is 0.766. The lowest BCUT2D eigenvalue weighted by Gasteiger charge is -2.59. The fourth-order valence-electron chi connectivity index (χ4n) is 7.31. The van der Waals surface area contributed by atoms with Crippen molar-refractivity contribution in [2.24, 2.45) is 29.6 Å². The van der Waals surface area contributed by atoms with Crippen molar-refractivity contribution in [1.82, 2.24) is 9.78 Å². The Morgan fingerprint density at radius 3 is 2.59 bits per heavy atom. The number of hydrogen-bond acceptors (Lipinski definition) is 4. The standard InChI is InChI=1S/C22H30ClN3O3/c1-12-4-2-3-5-16(12)25-17-11-24-26(20(27)19(17)23)22-9-13-6-14(10-22)8-15(7-13)18(22)21(28)29/h11-16,18,25H,2-10H2,1H3,(H,28,29)/t12-,13+,14+,15?,16-,18-,22?/m1/s1. The third kappa shape index (κ3) is 3.01. The van der Waals surface area contributed by atoms with Gasteiger partial charge in [0, 0.05) is 6.04 Å². The summed E-state index contributed by atoms with van der Waals surface area (Å²) in [5.41, 5.74) is -0.477. The van der Waals surface area contributed by atoms with Crippen molar-refractivity contribution in [3.8, 4) is 0 Å². The van der Waals surface area contributed by atoms with Gasteiger partial charge in [-0.15, -0.1) is 0 Å². The van der Waals surface area contributed by atoms with Crippen LogP contribution in [0.1, 0.15) is 64.7 Å². The van der Waals surface area contributed by atoms with Crippen LogP contribution in [0.5, 0.6) is 0 Å². The van der Waals surface area contributed by atoms with Gasteiger partial charge in [-0.1, -0.05) is 31.4 Å². The van der Waals surface area contributed by atoms with Gasteiger partial charge in [-0.25, -0.2) is 4.68 Å². The van der Waals surface area contributed by atoms with Crippen molar-refractivity contribution in [1.29, 1.82) is 0 Å². The van der Waals surface area contributed by atoms with Crippen molar-refractivity contribution in [3.63, 3.8) is 0 Å².